The van der Waals surface area contributed by atoms with E-state index < -0.39 is 0 Å². The summed E-state index contributed by atoms with van der Waals surface area (Å²) in [6.07, 6.45) is 0.525. The summed E-state index contributed by atoms with van der Waals surface area (Å²) in [6, 6.07) is 4.63. The number of hydrogen-bond donors (Lipinski definition) is 1. The summed E-state index contributed by atoms with van der Waals surface area (Å²) in [4.78, 5) is 30.6. The van der Waals surface area contributed by atoms with Crippen molar-refractivity contribution >= 4 is 11.8 Å². The number of amides is 2. The Bertz CT molecular complexity index is 653. The Morgan fingerprint density at radius 3 is 2.38 bits per heavy atom. The summed E-state index contributed by atoms with van der Waals surface area (Å²) in [6.45, 7) is 8.42. The predicted octanol–water partition coefficient (Wildman–Crippen LogP) is 0.714. The van der Waals surface area contributed by atoms with Crippen LogP contribution in [-0.2, 0) is 4.79 Å². The van der Waals surface area contributed by atoms with Crippen molar-refractivity contribution in [3.63, 3.8) is 0 Å². The lowest BCUT2D eigenvalue weighted by atomic mass is 10.1. The number of benzene rings is 1. The highest BCUT2D eigenvalue weighted by molar-refractivity contribution is 5.94. The highest BCUT2D eigenvalue weighted by atomic mass is 19.1. The molecule has 2 heterocycles. The van der Waals surface area contributed by atoms with Gasteiger partial charge < -0.3 is 15.1 Å². The molecule has 1 aromatic rings. The van der Waals surface area contributed by atoms with Gasteiger partial charge in [0.15, 0.2) is 0 Å². The maximum absolute atomic E-state index is 13.7. The van der Waals surface area contributed by atoms with Crippen molar-refractivity contribution in [3.8, 4) is 0 Å². The third-order valence-corrected chi connectivity index (χ3v) is 5.19. The normalized spacial score (nSPS) is 18.8. The molecule has 2 amide bonds. The Morgan fingerprint density at radius 2 is 1.73 bits per heavy atom. The number of nitrogens with zero attached hydrogens (tertiary/aromatic N) is 3. The van der Waals surface area contributed by atoms with Crippen molar-refractivity contribution in [2.24, 2.45) is 0 Å². The lowest BCUT2D eigenvalue weighted by Crippen LogP contribution is -2.50. The number of piperazine rings is 2. The van der Waals surface area contributed by atoms with E-state index in [2.05, 4.69) is 10.2 Å². The molecule has 142 valence electrons. The van der Waals surface area contributed by atoms with Gasteiger partial charge in [0.2, 0.25) is 5.91 Å². The molecule has 2 aliphatic heterocycles. The summed E-state index contributed by atoms with van der Waals surface area (Å²) in [5, 5.41) is 3.25. The number of rotatable bonds is 4. The van der Waals surface area contributed by atoms with Crippen molar-refractivity contribution in [2.45, 2.75) is 13.3 Å². The molecule has 6 nitrogen and oxygen atoms in total. The predicted molar refractivity (Wildman–Crippen MR) is 97.5 cm³/mol. The van der Waals surface area contributed by atoms with Crippen LogP contribution < -0.4 is 5.32 Å². The van der Waals surface area contributed by atoms with Crippen molar-refractivity contribution in [3.05, 3.63) is 35.1 Å². The zero-order chi connectivity index (χ0) is 18.5. The largest absolute Gasteiger partial charge is 0.340 e. The minimum Gasteiger partial charge on any atom is -0.340 e. The zero-order valence-corrected chi connectivity index (χ0v) is 15.3. The molecule has 0 aliphatic carbocycles. The van der Waals surface area contributed by atoms with E-state index in [0.29, 0.717) is 30.6 Å². The minimum atomic E-state index is -0.346. The second kappa shape index (κ2) is 8.60. The fraction of sp³-hybridized carbons (Fsp3) is 0.579. The third kappa shape index (κ3) is 4.59. The van der Waals surface area contributed by atoms with Crippen LogP contribution in [0.2, 0.25) is 0 Å². The molecule has 3 rings (SSSR count). The van der Waals surface area contributed by atoms with Gasteiger partial charge >= 0.3 is 0 Å². The molecular weight excluding hydrogens is 335 g/mol. The van der Waals surface area contributed by atoms with Crippen LogP contribution in [-0.4, -0.2) is 85.4 Å². The van der Waals surface area contributed by atoms with E-state index in [1.54, 1.807) is 24.0 Å². The van der Waals surface area contributed by atoms with Crippen LogP contribution in [0.25, 0.3) is 0 Å². The van der Waals surface area contributed by atoms with E-state index in [1.807, 2.05) is 4.90 Å². The summed E-state index contributed by atoms with van der Waals surface area (Å²) in [5.41, 5.74) is 0.941. The highest BCUT2D eigenvalue weighted by Gasteiger charge is 2.24. The topological polar surface area (TPSA) is 55.9 Å². The number of halogens is 1. The number of carbonyl (C=O) groups is 2. The van der Waals surface area contributed by atoms with Gasteiger partial charge in [-0.25, -0.2) is 4.39 Å². The maximum Gasteiger partial charge on any atom is 0.254 e. The molecule has 1 N–H and O–H groups in total. The quantitative estimate of drug-likeness (QED) is 0.857. The van der Waals surface area contributed by atoms with E-state index in [9.17, 15) is 14.0 Å². The van der Waals surface area contributed by atoms with Crippen molar-refractivity contribution < 1.29 is 14.0 Å². The van der Waals surface area contributed by atoms with Gasteiger partial charge in [-0.3, -0.25) is 14.5 Å². The molecule has 0 radical (unpaired) electrons. The fourth-order valence-electron chi connectivity index (χ4n) is 3.41. The Kier molecular flexibility index (Phi) is 6.21. The minimum absolute atomic E-state index is 0.125. The number of hydrogen-bond acceptors (Lipinski definition) is 4. The Balaban J connectivity index is 1.44. The van der Waals surface area contributed by atoms with Gasteiger partial charge in [0.1, 0.15) is 5.82 Å². The molecule has 0 atom stereocenters. The van der Waals surface area contributed by atoms with Gasteiger partial charge in [0.25, 0.3) is 5.91 Å². The molecular formula is C19H27FN4O2. The van der Waals surface area contributed by atoms with Crippen molar-refractivity contribution in [2.75, 3.05) is 58.9 Å². The smallest absolute Gasteiger partial charge is 0.254 e. The lowest BCUT2D eigenvalue weighted by Gasteiger charge is -2.35. The Labute approximate surface area is 153 Å². The van der Waals surface area contributed by atoms with E-state index in [1.165, 1.54) is 6.07 Å². The first-order chi connectivity index (χ1) is 12.5. The molecule has 0 unspecified atom stereocenters. The molecule has 0 aromatic heterocycles. The van der Waals surface area contributed by atoms with Crippen LogP contribution >= 0.6 is 0 Å². The Hall–Kier alpha value is -1.99. The van der Waals surface area contributed by atoms with Crippen molar-refractivity contribution in [1.29, 1.82) is 0 Å². The van der Waals surface area contributed by atoms with E-state index in [0.717, 1.165) is 45.8 Å². The average Bonchev–Trinajstić information content (AvgIpc) is 2.69. The van der Waals surface area contributed by atoms with Crippen LogP contribution in [0.15, 0.2) is 18.2 Å². The van der Waals surface area contributed by atoms with Crippen LogP contribution in [0.4, 0.5) is 4.39 Å². The van der Waals surface area contributed by atoms with Crippen LogP contribution in [0.1, 0.15) is 22.3 Å². The molecule has 2 saturated heterocycles. The highest BCUT2D eigenvalue weighted by Crippen LogP contribution is 2.13. The summed E-state index contributed by atoms with van der Waals surface area (Å²) < 4.78 is 13.7. The number of nitrogens with one attached hydrogen (secondary N) is 1. The standard InChI is InChI=1S/C19H27FN4O2/c1-15-2-3-16(14-17(15)20)19(26)24-12-10-22(11-13-24)7-4-18(25)23-8-5-21-6-9-23/h2-3,14,21H,4-13H2,1H3. The molecule has 2 fully saturated rings. The van der Waals surface area contributed by atoms with Gasteiger partial charge in [0.05, 0.1) is 0 Å². The number of carbonyl (C=O) groups excluding carboxylic acids is 2. The first kappa shape index (κ1) is 18.8. The molecule has 1 aromatic carbocycles. The van der Waals surface area contributed by atoms with Gasteiger partial charge in [-0.1, -0.05) is 6.07 Å². The maximum atomic E-state index is 13.7. The van der Waals surface area contributed by atoms with Gasteiger partial charge in [-0.2, -0.15) is 0 Å². The first-order valence-electron chi connectivity index (χ1n) is 9.31. The summed E-state index contributed by atoms with van der Waals surface area (Å²) in [5.74, 6) is -0.263. The summed E-state index contributed by atoms with van der Waals surface area (Å²) >= 11 is 0. The fourth-order valence-corrected chi connectivity index (χ4v) is 3.41. The zero-order valence-electron chi connectivity index (χ0n) is 15.3. The number of aryl methyl sites for hydroxylation is 1. The molecule has 2 aliphatic rings. The molecule has 7 heteroatoms. The van der Waals surface area contributed by atoms with Gasteiger partial charge in [-0.15, -0.1) is 0 Å². The molecule has 0 saturated carbocycles. The van der Waals surface area contributed by atoms with Crippen molar-refractivity contribution in [1.82, 2.24) is 20.0 Å². The van der Waals surface area contributed by atoms with E-state index >= 15 is 0 Å². The van der Waals surface area contributed by atoms with Crippen LogP contribution in [0.3, 0.4) is 0 Å². The monoisotopic (exact) mass is 362 g/mol. The van der Waals surface area contributed by atoms with Gasteiger partial charge in [0, 0.05) is 70.9 Å². The van der Waals surface area contributed by atoms with E-state index in [-0.39, 0.29) is 17.6 Å². The third-order valence-electron chi connectivity index (χ3n) is 5.19. The molecule has 26 heavy (non-hydrogen) atoms. The molecule has 0 bridgehead atoms. The molecule has 0 spiro atoms. The van der Waals surface area contributed by atoms with Gasteiger partial charge in [-0.05, 0) is 24.6 Å². The lowest BCUT2D eigenvalue weighted by molar-refractivity contribution is -0.132. The van der Waals surface area contributed by atoms with Crippen LogP contribution in [0.5, 0.6) is 0 Å². The second-order valence-electron chi connectivity index (χ2n) is 6.98. The van der Waals surface area contributed by atoms with Crippen LogP contribution in [0, 0.1) is 12.7 Å². The average molecular weight is 362 g/mol. The second-order valence-corrected chi connectivity index (χ2v) is 6.98. The summed E-state index contributed by atoms with van der Waals surface area (Å²) in [7, 11) is 0. The first-order valence-corrected chi connectivity index (χ1v) is 9.31. The SMILES string of the molecule is Cc1ccc(C(=O)N2CCN(CCC(=O)N3CCNCC3)CC2)cc1F. The Morgan fingerprint density at radius 1 is 1.04 bits per heavy atom. The van der Waals surface area contributed by atoms with E-state index in [4.69, 9.17) is 0 Å².